The van der Waals surface area contributed by atoms with E-state index in [0.717, 1.165) is 30.6 Å². The topological polar surface area (TPSA) is 23.6 Å². The molecule has 18 heavy (non-hydrogen) atoms. The fourth-order valence-corrected chi connectivity index (χ4v) is 2.67. The van der Waals surface area contributed by atoms with Gasteiger partial charge in [-0.15, -0.1) is 11.6 Å². The zero-order chi connectivity index (χ0) is 13.1. The van der Waals surface area contributed by atoms with Crippen LogP contribution in [0.1, 0.15) is 23.2 Å². The summed E-state index contributed by atoms with van der Waals surface area (Å²) in [6.45, 7) is 0.822. The molecule has 0 N–H and O–H groups in total. The molecule has 1 amide bonds. The van der Waals surface area contributed by atoms with Gasteiger partial charge in [0.1, 0.15) is 0 Å². The molecule has 4 heteroatoms. The van der Waals surface area contributed by atoms with Gasteiger partial charge >= 0.3 is 0 Å². The molecule has 0 aromatic heterocycles. The number of halogens is 1. The quantitative estimate of drug-likeness (QED) is 0.785. The van der Waals surface area contributed by atoms with Crippen molar-refractivity contribution in [3.05, 3.63) is 29.8 Å². The van der Waals surface area contributed by atoms with E-state index in [0.29, 0.717) is 5.88 Å². The minimum absolute atomic E-state index is 0.0989. The summed E-state index contributed by atoms with van der Waals surface area (Å²) in [6, 6.07) is 7.93. The van der Waals surface area contributed by atoms with Gasteiger partial charge in [-0.2, -0.15) is 0 Å². The second-order valence-corrected chi connectivity index (χ2v) is 5.20. The summed E-state index contributed by atoms with van der Waals surface area (Å²) in [5.41, 5.74) is 1.79. The van der Waals surface area contributed by atoms with Crippen molar-refractivity contribution in [1.29, 1.82) is 0 Å². The second-order valence-electron chi connectivity index (χ2n) is 4.89. The monoisotopic (exact) mass is 266 g/mol. The van der Waals surface area contributed by atoms with E-state index in [1.165, 1.54) is 0 Å². The van der Waals surface area contributed by atoms with Crippen molar-refractivity contribution in [2.24, 2.45) is 0 Å². The highest BCUT2D eigenvalue weighted by atomic mass is 35.5. The van der Waals surface area contributed by atoms with Gasteiger partial charge in [0, 0.05) is 43.8 Å². The van der Waals surface area contributed by atoms with Crippen LogP contribution in [-0.4, -0.2) is 43.4 Å². The summed E-state index contributed by atoms with van der Waals surface area (Å²) >= 11 is 5.91. The van der Waals surface area contributed by atoms with Crippen LogP contribution in [0.2, 0.25) is 0 Å². The number of anilines is 1. The number of hydrogen-bond donors (Lipinski definition) is 0. The van der Waals surface area contributed by atoms with E-state index in [9.17, 15) is 4.79 Å². The first-order valence-electron chi connectivity index (χ1n) is 6.28. The van der Waals surface area contributed by atoms with E-state index in [-0.39, 0.29) is 11.9 Å². The molecule has 1 aliphatic rings. The molecule has 1 aromatic rings. The third-order valence-corrected chi connectivity index (χ3v) is 3.78. The molecular formula is C14H19ClN2O. The van der Waals surface area contributed by atoms with Crippen molar-refractivity contribution in [3.63, 3.8) is 0 Å². The summed E-state index contributed by atoms with van der Waals surface area (Å²) in [6.07, 6.45) is 2.07. The van der Waals surface area contributed by atoms with Gasteiger partial charge in [0.25, 0.3) is 5.91 Å². The number of likely N-dealkylation sites (tertiary alicyclic amines) is 1. The predicted molar refractivity (Wildman–Crippen MR) is 75.5 cm³/mol. The lowest BCUT2D eigenvalue weighted by molar-refractivity contribution is 0.0749. The Balaban J connectivity index is 2.20. The minimum atomic E-state index is 0.0989. The van der Waals surface area contributed by atoms with Crippen molar-refractivity contribution in [2.45, 2.75) is 18.9 Å². The average Bonchev–Trinajstić information content (AvgIpc) is 2.86. The Morgan fingerprint density at radius 2 is 2.28 bits per heavy atom. The highest BCUT2D eigenvalue weighted by molar-refractivity contribution is 6.18. The summed E-state index contributed by atoms with van der Waals surface area (Å²) in [4.78, 5) is 16.3. The Morgan fingerprint density at radius 3 is 2.94 bits per heavy atom. The fraction of sp³-hybridized carbons (Fsp3) is 0.500. The Hall–Kier alpha value is -1.22. The normalized spacial score (nSPS) is 19.1. The van der Waals surface area contributed by atoms with E-state index >= 15 is 0 Å². The lowest BCUT2D eigenvalue weighted by atomic mass is 10.1. The van der Waals surface area contributed by atoms with Gasteiger partial charge in [-0.25, -0.2) is 0 Å². The van der Waals surface area contributed by atoms with Gasteiger partial charge in [0.05, 0.1) is 0 Å². The van der Waals surface area contributed by atoms with Crippen LogP contribution >= 0.6 is 11.6 Å². The number of benzene rings is 1. The van der Waals surface area contributed by atoms with Gasteiger partial charge in [0.15, 0.2) is 0 Å². The van der Waals surface area contributed by atoms with Crippen molar-refractivity contribution in [1.82, 2.24) is 4.90 Å². The van der Waals surface area contributed by atoms with Crippen molar-refractivity contribution >= 4 is 23.2 Å². The number of alkyl halides is 1. The summed E-state index contributed by atoms with van der Waals surface area (Å²) in [5, 5.41) is 0. The molecule has 0 spiro atoms. The first-order chi connectivity index (χ1) is 8.63. The smallest absolute Gasteiger partial charge is 0.254 e. The Morgan fingerprint density at radius 1 is 1.50 bits per heavy atom. The van der Waals surface area contributed by atoms with Gasteiger partial charge in [-0.05, 0) is 31.0 Å². The van der Waals surface area contributed by atoms with Crippen LogP contribution < -0.4 is 4.90 Å². The molecule has 3 nitrogen and oxygen atoms in total. The molecule has 98 valence electrons. The maximum atomic E-state index is 12.4. The molecule has 1 saturated heterocycles. The number of hydrogen-bond acceptors (Lipinski definition) is 2. The van der Waals surface area contributed by atoms with Gasteiger partial charge in [-0.3, -0.25) is 4.79 Å². The molecule has 0 radical (unpaired) electrons. The zero-order valence-corrected chi connectivity index (χ0v) is 11.7. The third kappa shape index (κ3) is 2.61. The highest BCUT2D eigenvalue weighted by Crippen LogP contribution is 2.22. The van der Waals surface area contributed by atoms with Gasteiger partial charge in [0.2, 0.25) is 0 Å². The molecule has 1 aliphatic heterocycles. The Kier molecular flexibility index (Phi) is 4.12. The average molecular weight is 267 g/mol. The van der Waals surface area contributed by atoms with Crippen LogP contribution in [0, 0.1) is 0 Å². The number of rotatable bonds is 3. The SMILES string of the molecule is CN(C)c1cccc(C(=O)N2CCCC2CCl)c1. The van der Waals surface area contributed by atoms with Gasteiger partial charge in [-0.1, -0.05) is 6.07 Å². The molecule has 1 aromatic carbocycles. The van der Waals surface area contributed by atoms with Crippen LogP contribution in [0.15, 0.2) is 24.3 Å². The number of carbonyl (C=O) groups excluding carboxylic acids is 1. The Labute approximate surface area is 113 Å². The Bertz CT molecular complexity index is 434. The van der Waals surface area contributed by atoms with Crippen LogP contribution in [0.4, 0.5) is 5.69 Å². The van der Waals surface area contributed by atoms with Gasteiger partial charge < -0.3 is 9.80 Å². The maximum absolute atomic E-state index is 12.4. The number of nitrogens with zero attached hydrogens (tertiary/aromatic N) is 2. The van der Waals surface area contributed by atoms with Crippen LogP contribution in [0.3, 0.4) is 0 Å². The maximum Gasteiger partial charge on any atom is 0.254 e. The van der Waals surface area contributed by atoms with E-state index in [1.54, 1.807) is 0 Å². The second kappa shape index (κ2) is 5.61. The minimum Gasteiger partial charge on any atom is -0.378 e. The van der Waals surface area contributed by atoms with E-state index in [1.807, 2.05) is 48.2 Å². The zero-order valence-electron chi connectivity index (χ0n) is 10.9. The highest BCUT2D eigenvalue weighted by Gasteiger charge is 2.28. The van der Waals surface area contributed by atoms with Crippen molar-refractivity contribution in [2.75, 3.05) is 31.4 Å². The van der Waals surface area contributed by atoms with E-state index in [2.05, 4.69) is 0 Å². The third-order valence-electron chi connectivity index (χ3n) is 3.43. The molecule has 2 rings (SSSR count). The van der Waals surface area contributed by atoms with Crippen LogP contribution in [-0.2, 0) is 0 Å². The fourth-order valence-electron chi connectivity index (χ4n) is 2.35. The van der Waals surface area contributed by atoms with Crippen LogP contribution in [0.5, 0.6) is 0 Å². The molecule has 1 unspecified atom stereocenters. The molecule has 0 bridgehead atoms. The van der Waals surface area contributed by atoms with Crippen molar-refractivity contribution < 1.29 is 4.79 Å². The number of carbonyl (C=O) groups is 1. The lowest BCUT2D eigenvalue weighted by Gasteiger charge is -2.23. The van der Waals surface area contributed by atoms with E-state index in [4.69, 9.17) is 11.6 Å². The molecule has 1 atom stereocenters. The predicted octanol–water partition coefficient (Wildman–Crippen LogP) is 2.60. The summed E-state index contributed by atoms with van der Waals surface area (Å²) in [7, 11) is 3.95. The largest absolute Gasteiger partial charge is 0.378 e. The summed E-state index contributed by atoms with van der Waals surface area (Å²) < 4.78 is 0. The lowest BCUT2D eigenvalue weighted by Crippen LogP contribution is -2.36. The van der Waals surface area contributed by atoms with Crippen LogP contribution in [0.25, 0.3) is 0 Å². The first-order valence-corrected chi connectivity index (χ1v) is 6.81. The van der Waals surface area contributed by atoms with E-state index < -0.39 is 0 Å². The number of amides is 1. The van der Waals surface area contributed by atoms with Crippen molar-refractivity contribution in [3.8, 4) is 0 Å². The summed E-state index contributed by atoms with van der Waals surface area (Å²) in [5.74, 6) is 0.626. The molecule has 1 heterocycles. The first kappa shape index (κ1) is 13.2. The molecular weight excluding hydrogens is 248 g/mol. The standard InChI is InChI=1S/C14H19ClN2O/c1-16(2)12-6-3-5-11(9-12)14(18)17-8-4-7-13(17)10-15/h3,5-6,9,13H,4,7-8,10H2,1-2H3. The molecule has 0 aliphatic carbocycles. The molecule has 1 fully saturated rings. The molecule has 0 saturated carbocycles.